The molecule has 1 fully saturated rings. The Labute approximate surface area is 114 Å². The second kappa shape index (κ2) is 6.57. The highest BCUT2D eigenvalue weighted by Crippen LogP contribution is 2.18. The van der Waals surface area contributed by atoms with Gasteiger partial charge in [-0.15, -0.1) is 0 Å². The minimum atomic E-state index is 0.0725. The summed E-state index contributed by atoms with van der Waals surface area (Å²) in [5.74, 6) is 1.33. The van der Waals surface area contributed by atoms with E-state index in [0.717, 1.165) is 30.8 Å². The fourth-order valence-electron chi connectivity index (χ4n) is 2.51. The van der Waals surface area contributed by atoms with Crippen LogP contribution in [0.3, 0.4) is 0 Å². The first-order valence-electron chi connectivity index (χ1n) is 6.82. The smallest absolute Gasteiger partial charge is 0.224 e. The van der Waals surface area contributed by atoms with E-state index in [-0.39, 0.29) is 11.9 Å². The fraction of sp³-hybridized carbons (Fsp3) is 0.533. The fourth-order valence-corrected chi connectivity index (χ4v) is 2.51. The molecule has 1 saturated heterocycles. The standard InChI is InChI=1S/C15H22N2O2/c1-11-10-16-8-7-13(11)17-15(18)9-12-5-3-4-6-14(12)19-2/h3-6,11,13,16H,7-10H2,1-2H3,(H,17,18). The van der Waals surface area contributed by atoms with Crippen molar-refractivity contribution >= 4 is 5.91 Å². The van der Waals surface area contributed by atoms with Crippen LogP contribution in [0.4, 0.5) is 0 Å². The van der Waals surface area contributed by atoms with E-state index in [4.69, 9.17) is 4.74 Å². The van der Waals surface area contributed by atoms with Gasteiger partial charge in [0, 0.05) is 11.6 Å². The third-order valence-electron chi connectivity index (χ3n) is 3.68. The summed E-state index contributed by atoms with van der Waals surface area (Å²) in [6.45, 7) is 4.11. The number of rotatable bonds is 4. The van der Waals surface area contributed by atoms with Crippen molar-refractivity contribution in [3.05, 3.63) is 29.8 Å². The van der Waals surface area contributed by atoms with E-state index in [1.54, 1.807) is 7.11 Å². The van der Waals surface area contributed by atoms with Crippen molar-refractivity contribution in [3.8, 4) is 5.75 Å². The molecular weight excluding hydrogens is 240 g/mol. The summed E-state index contributed by atoms with van der Waals surface area (Å²) in [6, 6.07) is 7.94. The predicted octanol–water partition coefficient (Wildman–Crippen LogP) is 1.35. The van der Waals surface area contributed by atoms with Crippen LogP contribution in [0.15, 0.2) is 24.3 Å². The number of carbonyl (C=O) groups excluding carboxylic acids is 1. The summed E-state index contributed by atoms with van der Waals surface area (Å²) >= 11 is 0. The highest BCUT2D eigenvalue weighted by Gasteiger charge is 2.22. The first kappa shape index (κ1) is 13.9. The molecular formula is C15H22N2O2. The maximum absolute atomic E-state index is 12.1. The molecule has 0 spiro atoms. The maximum Gasteiger partial charge on any atom is 0.224 e. The summed E-state index contributed by atoms with van der Waals surface area (Å²) in [5, 5.41) is 6.47. The van der Waals surface area contributed by atoms with Crippen LogP contribution in [-0.2, 0) is 11.2 Å². The molecule has 2 rings (SSSR count). The molecule has 1 aromatic rings. The molecule has 2 atom stereocenters. The van der Waals surface area contributed by atoms with Crippen molar-refractivity contribution in [3.63, 3.8) is 0 Å². The molecule has 104 valence electrons. The number of ether oxygens (including phenoxy) is 1. The van der Waals surface area contributed by atoms with Gasteiger partial charge in [-0.1, -0.05) is 25.1 Å². The number of carbonyl (C=O) groups is 1. The number of methoxy groups -OCH3 is 1. The molecule has 1 heterocycles. The van der Waals surface area contributed by atoms with Crippen molar-refractivity contribution < 1.29 is 9.53 Å². The number of benzene rings is 1. The van der Waals surface area contributed by atoms with E-state index in [9.17, 15) is 4.79 Å². The van der Waals surface area contributed by atoms with E-state index >= 15 is 0 Å². The van der Waals surface area contributed by atoms with Gasteiger partial charge in [0.25, 0.3) is 0 Å². The number of para-hydroxylation sites is 1. The molecule has 2 unspecified atom stereocenters. The number of hydrogen-bond acceptors (Lipinski definition) is 3. The summed E-state index contributed by atoms with van der Waals surface area (Å²) < 4.78 is 5.27. The van der Waals surface area contributed by atoms with Crippen LogP contribution >= 0.6 is 0 Å². The van der Waals surface area contributed by atoms with E-state index in [2.05, 4.69) is 17.6 Å². The molecule has 0 bridgehead atoms. The number of hydrogen-bond donors (Lipinski definition) is 2. The Kier molecular flexibility index (Phi) is 4.80. The van der Waals surface area contributed by atoms with Gasteiger partial charge in [-0.05, 0) is 31.5 Å². The Morgan fingerprint density at radius 3 is 3.00 bits per heavy atom. The van der Waals surface area contributed by atoms with Crippen LogP contribution in [0, 0.1) is 5.92 Å². The van der Waals surface area contributed by atoms with Crippen molar-refractivity contribution in [2.45, 2.75) is 25.8 Å². The van der Waals surface area contributed by atoms with Gasteiger partial charge in [-0.3, -0.25) is 4.79 Å². The van der Waals surface area contributed by atoms with Gasteiger partial charge in [-0.2, -0.15) is 0 Å². The van der Waals surface area contributed by atoms with Gasteiger partial charge in [-0.25, -0.2) is 0 Å². The molecule has 1 aliphatic rings. The van der Waals surface area contributed by atoms with Crippen molar-refractivity contribution in [2.75, 3.05) is 20.2 Å². The Bertz CT molecular complexity index is 434. The molecule has 4 heteroatoms. The summed E-state index contributed by atoms with van der Waals surface area (Å²) in [7, 11) is 1.63. The Morgan fingerprint density at radius 2 is 2.26 bits per heavy atom. The van der Waals surface area contributed by atoms with Crippen LogP contribution < -0.4 is 15.4 Å². The topological polar surface area (TPSA) is 50.4 Å². The highest BCUT2D eigenvalue weighted by atomic mass is 16.5. The molecule has 1 amide bonds. The maximum atomic E-state index is 12.1. The van der Waals surface area contributed by atoms with Gasteiger partial charge in [0.05, 0.1) is 13.5 Å². The van der Waals surface area contributed by atoms with Crippen molar-refractivity contribution in [1.82, 2.24) is 10.6 Å². The van der Waals surface area contributed by atoms with E-state index < -0.39 is 0 Å². The van der Waals surface area contributed by atoms with Gasteiger partial charge >= 0.3 is 0 Å². The van der Waals surface area contributed by atoms with E-state index in [1.165, 1.54) is 0 Å². The molecule has 1 aromatic carbocycles. The summed E-state index contributed by atoms with van der Waals surface area (Å²) in [4.78, 5) is 12.1. The predicted molar refractivity (Wildman–Crippen MR) is 75.3 cm³/mol. The Balaban J connectivity index is 1.93. The monoisotopic (exact) mass is 262 g/mol. The molecule has 0 aromatic heterocycles. The second-order valence-corrected chi connectivity index (χ2v) is 5.13. The van der Waals surface area contributed by atoms with E-state index in [0.29, 0.717) is 12.3 Å². The lowest BCUT2D eigenvalue weighted by atomic mass is 9.95. The Hall–Kier alpha value is -1.55. The number of nitrogens with one attached hydrogen (secondary N) is 2. The zero-order valence-corrected chi connectivity index (χ0v) is 11.6. The molecule has 0 saturated carbocycles. The average Bonchev–Trinajstić information content (AvgIpc) is 2.42. The van der Waals surface area contributed by atoms with E-state index in [1.807, 2.05) is 24.3 Å². The second-order valence-electron chi connectivity index (χ2n) is 5.13. The third kappa shape index (κ3) is 3.70. The van der Waals surface area contributed by atoms with Crippen molar-refractivity contribution in [1.29, 1.82) is 0 Å². The SMILES string of the molecule is COc1ccccc1CC(=O)NC1CCNCC1C. The van der Waals surface area contributed by atoms with Crippen LogP contribution in [0.1, 0.15) is 18.9 Å². The minimum Gasteiger partial charge on any atom is -0.496 e. The van der Waals surface area contributed by atoms with Gasteiger partial charge in [0.2, 0.25) is 5.91 Å². The largest absolute Gasteiger partial charge is 0.496 e. The molecule has 2 N–H and O–H groups in total. The highest BCUT2D eigenvalue weighted by molar-refractivity contribution is 5.79. The van der Waals surface area contributed by atoms with Crippen LogP contribution in [-0.4, -0.2) is 32.1 Å². The number of amides is 1. The summed E-state index contributed by atoms with van der Waals surface area (Å²) in [5.41, 5.74) is 0.934. The molecule has 4 nitrogen and oxygen atoms in total. The minimum absolute atomic E-state index is 0.0725. The zero-order valence-electron chi connectivity index (χ0n) is 11.6. The first-order valence-corrected chi connectivity index (χ1v) is 6.82. The van der Waals surface area contributed by atoms with Crippen LogP contribution in [0.2, 0.25) is 0 Å². The lowest BCUT2D eigenvalue weighted by molar-refractivity contribution is -0.121. The van der Waals surface area contributed by atoms with Crippen LogP contribution in [0.25, 0.3) is 0 Å². The lowest BCUT2D eigenvalue weighted by Gasteiger charge is -2.30. The zero-order chi connectivity index (χ0) is 13.7. The number of piperidine rings is 1. The Morgan fingerprint density at radius 1 is 1.47 bits per heavy atom. The third-order valence-corrected chi connectivity index (χ3v) is 3.68. The first-order chi connectivity index (χ1) is 9.20. The lowest BCUT2D eigenvalue weighted by Crippen LogP contribution is -2.48. The molecule has 0 radical (unpaired) electrons. The van der Waals surface area contributed by atoms with Gasteiger partial charge < -0.3 is 15.4 Å². The van der Waals surface area contributed by atoms with Crippen LogP contribution in [0.5, 0.6) is 5.75 Å². The summed E-state index contributed by atoms with van der Waals surface area (Å²) in [6.07, 6.45) is 1.37. The van der Waals surface area contributed by atoms with Gasteiger partial charge in [0.15, 0.2) is 0 Å². The molecule has 0 aliphatic carbocycles. The molecule has 1 aliphatic heterocycles. The quantitative estimate of drug-likeness (QED) is 0.861. The average molecular weight is 262 g/mol. The van der Waals surface area contributed by atoms with Crippen molar-refractivity contribution in [2.24, 2.45) is 5.92 Å². The normalized spacial score (nSPS) is 22.8. The molecule has 19 heavy (non-hydrogen) atoms. The van der Waals surface area contributed by atoms with Gasteiger partial charge in [0.1, 0.15) is 5.75 Å².